The summed E-state index contributed by atoms with van der Waals surface area (Å²) in [4.78, 5) is 72.2. The number of nitrogens with zero attached hydrogens (tertiary/aromatic N) is 7. The summed E-state index contributed by atoms with van der Waals surface area (Å²) < 4.78 is 14.3. The van der Waals surface area contributed by atoms with E-state index in [4.69, 9.17) is 19.4 Å². The van der Waals surface area contributed by atoms with Gasteiger partial charge in [-0.25, -0.2) is 15.2 Å². The number of esters is 1. The topological polar surface area (TPSA) is 154 Å². The van der Waals surface area contributed by atoms with Gasteiger partial charge < -0.3 is 34.1 Å². The van der Waals surface area contributed by atoms with Gasteiger partial charge in [0, 0.05) is 98.9 Å². The molecule has 7 heterocycles. The summed E-state index contributed by atoms with van der Waals surface area (Å²) in [5, 5.41) is 8.26. The number of fused-ring (bicyclic) bond motifs is 6. The highest BCUT2D eigenvalue weighted by atomic mass is 32.1. The van der Waals surface area contributed by atoms with Crippen LogP contribution in [0.25, 0.3) is 33.4 Å². The fraction of sp³-hybridized carbons (Fsp3) is 0.583. The summed E-state index contributed by atoms with van der Waals surface area (Å²) in [5.74, 6) is -0.393. The number of likely N-dealkylation sites (tertiary alicyclic amines) is 2. The van der Waals surface area contributed by atoms with Gasteiger partial charge in [-0.2, -0.15) is 0 Å². The minimum atomic E-state index is -1.03. The number of ether oxygens (including phenoxy) is 2. The maximum atomic E-state index is 14.6. The van der Waals surface area contributed by atoms with E-state index in [0.29, 0.717) is 62.3 Å². The highest BCUT2D eigenvalue weighted by molar-refractivity contribution is 7.10. The van der Waals surface area contributed by atoms with Crippen molar-refractivity contribution >= 4 is 46.1 Å². The maximum Gasteiger partial charge on any atom is 0.324 e. The summed E-state index contributed by atoms with van der Waals surface area (Å²) in [6, 6.07) is 7.69. The Morgan fingerprint density at radius 2 is 1.86 bits per heavy atom. The highest BCUT2D eigenvalue weighted by Gasteiger charge is 2.44. The lowest BCUT2D eigenvalue weighted by molar-refractivity contribution is -0.155. The first kappa shape index (κ1) is 45.7. The number of hydrazine groups is 1. The second-order valence-corrected chi connectivity index (χ2v) is 20.4. The average molecular weight is 896 g/mol. The summed E-state index contributed by atoms with van der Waals surface area (Å²) in [6.45, 7) is 16.9. The van der Waals surface area contributed by atoms with Gasteiger partial charge in [0.05, 0.1) is 34.8 Å². The Morgan fingerprint density at radius 3 is 2.56 bits per heavy atom. The molecule has 6 bridgehead atoms. The number of aryl methyl sites for hydroxylation is 1. The van der Waals surface area contributed by atoms with Crippen LogP contribution in [0, 0.1) is 23.2 Å². The lowest BCUT2D eigenvalue weighted by Crippen LogP contribution is -2.64. The van der Waals surface area contributed by atoms with Crippen molar-refractivity contribution in [1.82, 2.24) is 45.0 Å². The number of carbonyl (C=O) groups excluding carboxylic acids is 4. The summed E-state index contributed by atoms with van der Waals surface area (Å²) in [7, 11) is 5.48. The monoisotopic (exact) mass is 895 g/mol. The van der Waals surface area contributed by atoms with E-state index in [2.05, 4.69) is 72.3 Å². The van der Waals surface area contributed by atoms with Crippen LogP contribution in [0.15, 0.2) is 41.9 Å². The fourth-order valence-corrected chi connectivity index (χ4v) is 11.0. The zero-order valence-electron chi connectivity index (χ0n) is 38.8. The molecule has 4 atom stereocenters. The number of methoxy groups -OCH3 is 1. The van der Waals surface area contributed by atoms with E-state index in [9.17, 15) is 19.2 Å². The number of nitrogens with one attached hydrogen (secondary N) is 2. The molecular formula is C48H65N9O6S. The first-order chi connectivity index (χ1) is 30.6. The van der Waals surface area contributed by atoms with Crippen LogP contribution < -0.4 is 10.7 Å². The Kier molecular flexibility index (Phi) is 13.2. The van der Waals surface area contributed by atoms with Crippen molar-refractivity contribution in [2.24, 2.45) is 23.2 Å². The Hall–Kier alpha value is -4.90. The number of rotatable bonds is 9. The van der Waals surface area contributed by atoms with Crippen molar-refractivity contribution in [3.8, 4) is 22.5 Å². The molecule has 0 saturated carbocycles. The molecule has 4 aromatic rings. The molecule has 0 spiro atoms. The Morgan fingerprint density at radius 1 is 1.11 bits per heavy atom. The summed E-state index contributed by atoms with van der Waals surface area (Å²) in [5.41, 5.74) is 9.43. The van der Waals surface area contributed by atoms with Crippen LogP contribution in [0.4, 0.5) is 4.79 Å². The predicted octanol–water partition coefficient (Wildman–Crippen LogP) is 5.77. The largest absolute Gasteiger partial charge is 0.464 e. The number of pyridine rings is 1. The van der Waals surface area contributed by atoms with E-state index in [1.807, 2.05) is 37.1 Å². The molecule has 4 aliphatic heterocycles. The first-order valence-corrected chi connectivity index (χ1v) is 23.8. The number of cyclic esters (lactones) is 1. The van der Waals surface area contributed by atoms with E-state index in [1.165, 1.54) is 21.2 Å². The first-order valence-electron chi connectivity index (χ1n) is 22.9. The van der Waals surface area contributed by atoms with Gasteiger partial charge in [-0.1, -0.05) is 33.8 Å². The van der Waals surface area contributed by atoms with E-state index < -0.39 is 35.4 Å². The molecule has 4 amide bonds. The van der Waals surface area contributed by atoms with Crippen LogP contribution >= 0.6 is 11.3 Å². The van der Waals surface area contributed by atoms with Crippen LogP contribution in [-0.4, -0.2) is 137 Å². The quantitative estimate of drug-likeness (QED) is 0.198. The lowest BCUT2D eigenvalue weighted by Gasteiger charge is -2.50. The molecule has 4 aliphatic rings. The summed E-state index contributed by atoms with van der Waals surface area (Å²) in [6.07, 6.45) is 3.33. The number of hydrogen-bond donors (Lipinski definition) is 2. The number of thiazole rings is 1. The second kappa shape index (κ2) is 18.5. The van der Waals surface area contributed by atoms with Gasteiger partial charge in [-0.15, -0.1) is 11.3 Å². The number of benzene rings is 1. The van der Waals surface area contributed by atoms with Crippen LogP contribution in [0.5, 0.6) is 0 Å². The molecule has 344 valence electrons. The number of hydrogen-bond acceptors (Lipinski definition) is 11. The molecule has 3 aromatic heterocycles. The molecule has 16 heteroatoms. The van der Waals surface area contributed by atoms with Crippen molar-refractivity contribution < 1.29 is 28.7 Å². The normalized spacial score (nSPS) is 22.1. The number of likely N-dealkylation sites (N-methyl/N-ethyl adjacent to an activating group) is 1. The number of amides is 4. The fourth-order valence-electron chi connectivity index (χ4n) is 10.1. The van der Waals surface area contributed by atoms with Crippen molar-refractivity contribution in [1.29, 1.82) is 0 Å². The van der Waals surface area contributed by atoms with E-state index in [1.54, 1.807) is 20.4 Å². The average Bonchev–Trinajstić information content (AvgIpc) is 3.84. The molecule has 64 heavy (non-hydrogen) atoms. The summed E-state index contributed by atoms with van der Waals surface area (Å²) >= 11 is 1.44. The molecule has 1 aromatic carbocycles. The zero-order chi connectivity index (χ0) is 45.6. The molecule has 0 unspecified atom stereocenters. The third-order valence-electron chi connectivity index (χ3n) is 13.7. The molecule has 0 radical (unpaired) electrons. The highest BCUT2D eigenvalue weighted by Crippen LogP contribution is 2.42. The van der Waals surface area contributed by atoms with Crippen LogP contribution in [0.2, 0.25) is 0 Å². The Labute approximate surface area is 380 Å². The van der Waals surface area contributed by atoms with E-state index >= 15 is 0 Å². The lowest BCUT2D eigenvalue weighted by atomic mass is 9.81. The Balaban J connectivity index is 1.14. The van der Waals surface area contributed by atoms with Gasteiger partial charge in [0.1, 0.15) is 18.1 Å². The second-order valence-electron chi connectivity index (χ2n) is 19.5. The SMILES string of the molecule is CCn1c(-c2cccnc2[C@H](C)OC)c2c3cc(ccc31)-c1csc(n1)C[C@H](NC(=O)[C@H](C(C)C)N(C)C(=O)N1CC(C3CN(C)C3)C1)C(=O)N1CCC[C@H](N1)C(=O)OCC(C)(C)C2. The van der Waals surface area contributed by atoms with Crippen LogP contribution in [0.1, 0.15) is 76.8 Å². The van der Waals surface area contributed by atoms with Gasteiger partial charge in [-0.3, -0.25) is 24.4 Å². The molecule has 3 saturated heterocycles. The van der Waals surface area contributed by atoms with Crippen molar-refractivity contribution in [3.63, 3.8) is 0 Å². The number of urea groups is 1. The smallest absolute Gasteiger partial charge is 0.324 e. The minimum Gasteiger partial charge on any atom is -0.464 e. The van der Waals surface area contributed by atoms with Gasteiger partial charge in [0.15, 0.2) is 0 Å². The molecule has 0 aliphatic carbocycles. The van der Waals surface area contributed by atoms with Gasteiger partial charge >= 0.3 is 12.0 Å². The molecule has 2 N–H and O–H groups in total. The van der Waals surface area contributed by atoms with Gasteiger partial charge in [0.25, 0.3) is 5.91 Å². The number of carbonyl (C=O) groups is 4. The Bertz CT molecular complexity index is 2380. The third kappa shape index (κ3) is 9.03. The maximum absolute atomic E-state index is 14.6. The van der Waals surface area contributed by atoms with Crippen LogP contribution in [0.3, 0.4) is 0 Å². The van der Waals surface area contributed by atoms with E-state index in [0.717, 1.165) is 57.8 Å². The predicted molar refractivity (Wildman–Crippen MR) is 247 cm³/mol. The zero-order valence-corrected chi connectivity index (χ0v) is 39.7. The third-order valence-corrected chi connectivity index (χ3v) is 14.6. The molecule has 8 rings (SSSR count). The minimum absolute atomic E-state index is 0.119. The molecular weight excluding hydrogens is 831 g/mol. The number of aromatic nitrogens is 3. The van der Waals surface area contributed by atoms with Crippen molar-refractivity contribution in [2.75, 3.05) is 60.5 Å². The van der Waals surface area contributed by atoms with Crippen LogP contribution in [-0.2, 0) is 43.2 Å². The van der Waals surface area contributed by atoms with Gasteiger partial charge in [-0.05, 0) is 87.7 Å². The molecule has 15 nitrogen and oxygen atoms in total. The van der Waals surface area contributed by atoms with Crippen molar-refractivity contribution in [3.05, 3.63) is 58.2 Å². The van der Waals surface area contributed by atoms with Gasteiger partial charge in [0.2, 0.25) is 5.91 Å². The van der Waals surface area contributed by atoms with Crippen molar-refractivity contribution in [2.45, 2.75) is 98.0 Å². The molecule has 3 fully saturated rings. The standard InChI is InChI=1S/C48H65N9O6S/c1-10-56-39-16-15-30-19-34(39)35(43(56)33-13-11-17-49-41(33)29(4)62-9)21-48(5,6)27-63-46(60)36-14-12-18-57(52-36)45(59)37(20-40-50-38(30)26-64-40)51-44(58)42(28(2)3)54(8)47(61)55-24-32(25-55)31-22-53(7)23-31/h11,13,15-17,19,26,28-29,31-32,36-37,42,52H,10,12,14,18,20-25,27H2,1-9H3,(H,51,58)/t29-,36-,37-,42-/m0/s1. The van der Waals surface area contributed by atoms with E-state index in [-0.39, 0.29) is 37.0 Å².